The lowest BCUT2D eigenvalue weighted by molar-refractivity contribution is -0.678. The van der Waals surface area contributed by atoms with E-state index in [0.29, 0.717) is 12.2 Å². The van der Waals surface area contributed by atoms with Crippen LogP contribution in [0.3, 0.4) is 0 Å². The summed E-state index contributed by atoms with van der Waals surface area (Å²) < 4.78 is 10.9. The molecule has 0 spiro atoms. The van der Waals surface area contributed by atoms with Gasteiger partial charge < -0.3 is 20.9 Å². The minimum absolute atomic E-state index is 0.0147. The van der Waals surface area contributed by atoms with Crippen LogP contribution >= 0.6 is 0 Å². The van der Waals surface area contributed by atoms with Crippen LogP contribution in [0.1, 0.15) is 34.8 Å². The highest BCUT2D eigenvalue weighted by molar-refractivity contribution is 5.88. The molecule has 0 aliphatic carbocycles. The maximum absolute atomic E-state index is 12.2. The molecule has 5 N–H and O–H groups in total. The maximum Gasteiger partial charge on any atom is 0.361 e. The van der Waals surface area contributed by atoms with Gasteiger partial charge in [0, 0.05) is 0 Å². The minimum Gasteiger partial charge on any atom is -0.461 e. The first kappa shape index (κ1) is 18.5. The number of esters is 1. The van der Waals surface area contributed by atoms with E-state index in [2.05, 4.69) is 25.3 Å². The van der Waals surface area contributed by atoms with E-state index in [9.17, 15) is 9.90 Å². The van der Waals surface area contributed by atoms with Crippen LogP contribution in [0.4, 0.5) is 5.82 Å². The fourth-order valence-electron chi connectivity index (χ4n) is 2.54. The second kappa shape index (κ2) is 8.38. The summed E-state index contributed by atoms with van der Waals surface area (Å²) in [5.74, 6) is -0.461. The van der Waals surface area contributed by atoms with Gasteiger partial charge in [0.25, 0.3) is 0 Å². The number of carbonyl (C=O) groups excluding carboxylic acids is 1. The monoisotopic (exact) mass is 374 g/mol. The Morgan fingerprint density at radius 2 is 2.15 bits per heavy atom. The van der Waals surface area contributed by atoms with Crippen LogP contribution in [0.15, 0.2) is 35.0 Å². The normalized spacial score (nSPS) is 12.1. The molecule has 0 radical (unpaired) electrons. The third kappa shape index (κ3) is 4.10. The molecule has 0 saturated carbocycles. The molecule has 0 aliphatic rings. The molecule has 1 atom stereocenters. The van der Waals surface area contributed by atoms with E-state index in [4.69, 9.17) is 10.5 Å². The molecular weight excluding hydrogens is 354 g/mol. The van der Waals surface area contributed by atoms with Crippen LogP contribution in [-0.4, -0.2) is 49.5 Å². The topological polar surface area (TPSA) is 159 Å². The van der Waals surface area contributed by atoms with E-state index in [1.54, 1.807) is 6.92 Å². The number of aromatic nitrogens is 5. The number of nitrogen functional groups attached to an aromatic ring is 1. The van der Waals surface area contributed by atoms with Crippen molar-refractivity contribution in [2.75, 3.05) is 18.9 Å². The molecule has 27 heavy (non-hydrogen) atoms. The molecule has 1 unspecified atom stereocenters. The highest BCUT2D eigenvalue weighted by atomic mass is 16.6. The fraction of sp³-hybridized carbons (Fsp3) is 0.312. The first-order chi connectivity index (χ1) is 13.1. The van der Waals surface area contributed by atoms with E-state index in [0.717, 1.165) is 5.56 Å². The third-order valence-corrected chi connectivity index (χ3v) is 3.84. The van der Waals surface area contributed by atoms with Crippen molar-refractivity contribution in [3.8, 4) is 5.82 Å². The number of quaternary nitrogens is 1. The zero-order valence-electron chi connectivity index (χ0n) is 14.6. The Kier molecular flexibility index (Phi) is 5.74. The summed E-state index contributed by atoms with van der Waals surface area (Å²) in [5.41, 5.74) is 6.98. The van der Waals surface area contributed by atoms with Gasteiger partial charge in [-0.2, -0.15) is 4.68 Å². The first-order valence-corrected chi connectivity index (χ1v) is 8.36. The average molecular weight is 374 g/mol. The van der Waals surface area contributed by atoms with Crippen molar-refractivity contribution in [1.29, 1.82) is 0 Å². The molecule has 0 aliphatic heterocycles. The molecule has 1 aromatic carbocycles. The lowest BCUT2D eigenvalue weighted by Crippen LogP contribution is -2.84. The van der Waals surface area contributed by atoms with Crippen molar-refractivity contribution < 1.29 is 24.6 Å². The largest absolute Gasteiger partial charge is 0.461 e. The van der Waals surface area contributed by atoms with E-state index in [1.807, 2.05) is 35.6 Å². The second-order valence-electron chi connectivity index (χ2n) is 5.65. The van der Waals surface area contributed by atoms with Crippen molar-refractivity contribution in [1.82, 2.24) is 25.3 Å². The lowest BCUT2D eigenvalue weighted by Gasteiger charge is -2.10. The molecule has 142 valence electrons. The van der Waals surface area contributed by atoms with E-state index in [-0.39, 0.29) is 30.5 Å². The minimum atomic E-state index is -0.666. The van der Waals surface area contributed by atoms with Crippen molar-refractivity contribution in [3.05, 3.63) is 47.3 Å². The van der Waals surface area contributed by atoms with Gasteiger partial charge >= 0.3 is 5.97 Å². The number of hydrogen-bond acceptors (Lipinski definition) is 9. The van der Waals surface area contributed by atoms with Crippen molar-refractivity contribution in [2.45, 2.75) is 19.6 Å². The van der Waals surface area contributed by atoms with Crippen molar-refractivity contribution in [2.24, 2.45) is 0 Å². The summed E-state index contributed by atoms with van der Waals surface area (Å²) in [7, 11) is 0. The van der Waals surface area contributed by atoms with Crippen molar-refractivity contribution >= 4 is 11.8 Å². The lowest BCUT2D eigenvalue weighted by atomic mass is 10.1. The Hall–Kier alpha value is -3.31. The quantitative estimate of drug-likeness (QED) is 0.429. The zero-order valence-corrected chi connectivity index (χ0v) is 14.6. The summed E-state index contributed by atoms with van der Waals surface area (Å²) >= 11 is 0. The van der Waals surface area contributed by atoms with Gasteiger partial charge in [-0.25, -0.2) is 9.42 Å². The predicted octanol–water partition coefficient (Wildman–Crippen LogP) is -0.794. The number of nitrogens with two attached hydrogens (primary N) is 2. The highest BCUT2D eigenvalue weighted by Gasteiger charge is 2.26. The fourth-order valence-corrected chi connectivity index (χ4v) is 2.54. The average Bonchev–Trinajstić information content (AvgIpc) is 3.28. The summed E-state index contributed by atoms with van der Waals surface area (Å²) in [6.45, 7) is 2.54. The molecule has 3 aromatic rings. The van der Waals surface area contributed by atoms with Crippen molar-refractivity contribution in [3.63, 3.8) is 0 Å². The summed E-state index contributed by atoms with van der Waals surface area (Å²) in [4.78, 5) is 12.2. The van der Waals surface area contributed by atoms with Crippen LogP contribution in [0.25, 0.3) is 5.82 Å². The Bertz CT molecular complexity index is 893. The second-order valence-corrected chi connectivity index (χ2v) is 5.65. The number of ether oxygens (including phenoxy) is 1. The molecule has 0 bridgehead atoms. The predicted molar refractivity (Wildman–Crippen MR) is 91.5 cm³/mol. The van der Waals surface area contributed by atoms with Crippen LogP contribution < -0.4 is 11.1 Å². The summed E-state index contributed by atoms with van der Waals surface area (Å²) in [6.07, 6.45) is -0.666. The van der Waals surface area contributed by atoms with Gasteiger partial charge in [-0.1, -0.05) is 35.5 Å². The van der Waals surface area contributed by atoms with Crippen LogP contribution in [-0.2, 0) is 11.3 Å². The number of aliphatic hydroxyl groups is 1. The standard InChI is InChI=1S/C16H19N7O4/c1-2-26-16(25)13-11(23(22-19-13)15-14(17)20-27-21-15)8-18-9-12(24)10-6-4-3-5-7-10/h3-7,12,18,24H,2,8-9H2,1H3,(H2,17,20)/p+1. The Morgan fingerprint density at radius 1 is 1.37 bits per heavy atom. The van der Waals surface area contributed by atoms with Crippen LogP contribution in [0.2, 0.25) is 0 Å². The molecule has 0 fully saturated rings. The van der Waals surface area contributed by atoms with E-state index in [1.165, 1.54) is 4.68 Å². The number of rotatable bonds is 8. The van der Waals surface area contributed by atoms with Crippen LogP contribution in [0, 0.1) is 0 Å². The maximum atomic E-state index is 12.2. The van der Waals surface area contributed by atoms with Gasteiger partial charge in [0.15, 0.2) is 5.69 Å². The van der Waals surface area contributed by atoms with Gasteiger partial charge in [0.05, 0.1) is 6.61 Å². The molecule has 3 rings (SSSR count). The summed E-state index contributed by atoms with van der Waals surface area (Å²) in [6, 6.07) is 9.28. The number of carbonyl (C=O) groups is 1. The van der Waals surface area contributed by atoms with E-state index >= 15 is 0 Å². The third-order valence-electron chi connectivity index (χ3n) is 3.84. The number of nitrogens with zero attached hydrogens (tertiary/aromatic N) is 5. The van der Waals surface area contributed by atoms with Gasteiger partial charge in [0.2, 0.25) is 11.6 Å². The first-order valence-electron chi connectivity index (χ1n) is 8.36. The molecule has 2 heterocycles. The number of anilines is 1. The number of benzene rings is 1. The molecule has 11 heteroatoms. The molecule has 0 amide bonds. The molecule has 11 nitrogen and oxygen atoms in total. The summed E-state index contributed by atoms with van der Waals surface area (Å²) in [5, 5.41) is 27.1. The smallest absolute Gasteiger partial charge is 0.361 e. The highest BCUT2D eigenvalue weighted by Crippen LogP contribution is 2.16. The number of hydrogen-bond donors (Lipinski definition) is 3. The zero-order chi connectivity index (χ0) is 19.2. The van der Waals surface area contributed by atoms with Crippen LogP contribution in [0.5, 0.6) is 0 Å². The Morgan fingerprint density at radius 3 is 2.81 bits per heavy atom. The Labute approximate surface area is 154 Å². The van der Waals surface area contributed by atoms with Gasteiger partial charge in [-0.05, 0) is 22.8 Å². The van der Waals surface area contributed by atoms with Gasteiger partial charge in [0.1, 0.15) is 24.9 Å². The Balaban J connectivity index is 1.78. The van der Waals surface area contributed by atoms with E-state index < -0.39 is 12.1 Å². The SMILES string of the molecule is CCOC(=O)c1nnn(-c2nonc2N)c1C[NH2+]CC(O)c1ccccc1. The molecule has 0 saturated heterocycles. The van der Waals surface area contributed by atoms with Gasteiger partial charge in [-0.3, -0.25) is 0 Å². The van der Waals surface area contributed by atoms with Gasteiger partial charge in [-0.15, -0.1) is 5.10 Å². The molecular formula is C16H20N7O4+. The number of aliphatic hydroxyl groups excluding tert-OH is 1. The molecule has 2 aromatic heterocycles.